The van der Waals surface area contributed by atoms with Crippen molar-refractivity contribution >= 4 is 0 Å². The van der Waals surface area contributed by atoms with E-state index in [0.717, 1.165) is 24.9 Å². The summed E-state index contributed by atoms with van der Waals surface area (Å²) in [7, 11) is 0. The predicted molar refractivity (Wildman–Crippen MR) is 57.0 cm³/mol. The minimum atomic E-state index is -0.194. The molecule has 0 amide bonds. The number of aliphatic hydroxyl groups excluding tert-OH is 1. The van der Waals surface area contributed by atoms with Crippen molar-refractivity contribution in [3.8, 4) is 0 Å². The van der Waals surface area contributed by atoms with Gasteiger partial charge in [0, 0.05) is 12.6 Å². The van der Waals surface area contributed by atoms with Gasteiger partial charge in [0.25, 0.3) is 0 Å². The normalized spacial score (nSPS) is 26.5. The first-order valence-electron chi connectivity index (χ1n) is 5.39. The summed E-state index contributed by atoms with van der Waals surface area (Å²) in [6.45, 7) is 1.12. The van der Waals surface area contributed by atoms with E-state index in [4.69, 9.17) is 5.11 Å². The molecule has 15 heavy (non-hydrogen) atoms. The van der Waals surface area contributed by atoms with E-state index in [-0.39, 0.29) is 18.5 Å². The molecule has 0 aromatic heterocycles. The van der Waals surface area contributed by atoms with Crippen LogP contribution < -0.4 is 5.32 Å². The minimum Gasteiger partial charge on any atom is -0.396 e. The van der Waals surface area contributed by atoms with Gasteiger partial charge in [0.2, 0.25) is 0 Å². The molecule has 2 atom stereocenters. The molecular weight excluding hydrogens is 193 g/mol. The van der Waals surface area contributed by atoms with Gasteiger partial charge in [0.1, 0.15) is 5.82 Å². The summed E-state index contributed by atoms with van der Waals surface area (Å²) in [5, 5.41) is 12.5. The van der Waals surface area contributed by atoms with Crippen molar-refractivity contribution in [2.45, 2.75) is 18.9 Å². The van der Waals surface area contributed by atoms with Crippen molar-refractivity contribution in [1.29, 1.82) is 0 Å². The highest BCUT2D eigenvalue weighted by Gasteiger charge is 2.22. The molecule has 0 spiro atoms. The highest BCUT2D eigenvalue weighted by Crippen LogP contribution is 2.27. The summed E-state index contributed by atoms with van der Waals surface area (Å²) in [5.74, 6) is 0.153. The second-order valence-corrected chi connectivity index (χ2v) is 4.13. The number of hydrogen-bond donors (Lipinski definition) is 2. The van der Waals surface area contributed by atoms with Gasteiger partial charge in [-0.05, 0) is 43.0 Å². The van der Waals surface area contributed by atoms with E-state index in [9.17, 15) is 4.39 Å². The van der Waals surface area contributed by atoms with Crippen molar-refractivity contribution in [1.82, 2.24) is 5.32 Å². The Kier molecular flexibility index (Phi) is 3.34. The number of hydrogen-bond acceptors (Lipinski definition) is 2. The molecule has 2 unspecified atom stereocenters. The van der Waals surface area contributed by atoms with Crippen LogP contribution in [-0.4, -0.2) is 18.3 Å². The molecule has 0 aliphatic carbocycles. The Morgan fingerprint density at radius 2 is 2.33 bits per heavy atom. The van der Waals surface area contributed by atoms with Crippen molar-refractivity contribution in [2.24, 2.45) is 5.92 Å². The van der Waals surface area contributed by atoms with Gasteiger partial charge < -0.3 is 10.4 Å². The van der Waals surface area contributed by atoms with Crippen LogP contribution in [0.5, 0.6) is 0 Å². The van der Waals surface area contributed by atoms with Gasteiger partial charge >= 0.3 is 0 Å². The van der Waals surface area contributed by atoms with Gasteiger partial charge in [-0.2, -0.15) is 0 Å². The standard InChI is InChI=1S/C12H16FNO/c13-11-3-1-2-10(7-11)12-6-9(8-15)4-5-14-12/h1-3,7,9,12,14-15H,4-6,8H2. The fraction of sp³-hybridized carbons (Fsp3) is 0.500. The van der Waals surface area contributed by atoms with Crippen LogP contribution >= 0.6 is 0 Å². The first-order valence-corrected chi connectivity index (χ1v) is 5.39. The third-order valence-electron chi connectivity index (χ3n) is 3.02. The number of halogens is 1. The topological polar surface area (TPSA) is 32.3 Å². The molecule has 2 N–H and O–H groups in total. The zero-order valence-electron chi connectivity index (χ0n) is 8.62. The molecule has 82 valence electrons. The second kappa shape index (κ2) is 4.73. The van der Waals surface area contributed by atoms with E-state index in [0.29, 0.717) is 5.92 Å². The molecule has 0 radical (unpaired) electrons. The molecule has 0 saturated carbocycles. The number of rotatable bonds is 2. The van der Waals surface area contributed by atoms with Crippen LogP contribution in [-0.2, 0) is 0 Å². The minimum absolute atomic E-state index is 0.187. The van der Waals surface area contributed by atoms with Gasteiger partial charge in [0.05, 0.1) is 0 Å². The third-order valence-corrected chi connectivity index (χ3v) is 3.02. The molecule has 1 fully saturated rings. The lowest BCUT2D eigenvalue weighted by Crippen LogP contribution is -2.33. The maximum atomic E-state index is 13.0. The van der Waals surface area contributed by atoms with Crippen molar-refractivity contribution in [3.05, 3.63) is 35.6 Å². The third kappa shape index (κ3) is 2.55. The first kappa shape index (κ1) is 10.6. The van der Waals surface area contributed by atoms with Crippen molar-refractivity contribution in [2.75, 3.05) is 13.2 Å². The van der Waals surface area contributed by atoms with E-state index in [1.807, 2.05) is 6.07 Å². The second-order valence-electron chi connectivity index (χ2n) is 4.13. The Labute approximate surface area is 89.1 Å². The Morgan fingerprint density at radius 3 is 3.07 bits per heavy atom. The fourth-order valence-corrected chi connectivity index (χ4v) is 2.14. The smallest absolute Gasteiger partial charge is 0.123 e. The molecule has 1 aromatic rings. The maximum absolute atomic E-state index is 13.0. The number of benzene rings is 1. The van der Waals surface area contributed by atoms with E-state index < -0.39 is 0 Å². The Morgan fingerprint density at radius 1 is 1.47 bits per heavy atom. The van der Waals surface area contributed by atoms with Crippen LogP contribution in [0.4, 0.5) is 4.39 Å². The molecule has 3 heteroatoms. The van der Waals surface area contributed by atoms with Crippen molar-refractivity contribution in [3.63, 3.8) is 0 Å². The summed E-state index contributed by atoms with van der Waals surface area (Å²) in [5.41, 5.74) is 0.980. The molecule has 1 saturated heterocycles. The lowest BCUT2D eigenvalue weighted by Gasteiger charge is -2.29. The quantitative estimate of drug-likeness (QED) is 0.779. The highest BCUT2D eigenvalue weighted by molar-refractivity contribution is 5.20. The van der Waals surface area contributed by atoms with Gasteiger partial charge in [0.15, 0.2) is 0 Å². The van der Waals surface area contributed by atoms with Gasteiger partial charge in [-0.3, -0.25) is 0 Å². The average molecular weight is 209 g/mol. The molecule has 2 nitrogen and oxygen atoms in total. The van der Waals surface area contributed by atoms with Crippen molar-refractivity contribution < 1.29 is 9.50 Å². The van der Waals surface area contributed by atoms with Crippen LogP contribution in [0.15, 0.2) is 24.3 Å². The molecule has 1 aliphatic rings. The molecule has 1 aliphatic heterocycles. The van der Waals surface area contributed by atoms with Gasteiger partial charge in [-0.1, -0.05) is 12.1 Å². The number of nitrogens with one attached hydrogen (secondary N) is 1. The largest absolute Gasteiger partial charge is 0.396 e. The first-order chi connectivity index (χ1) is 7.29. The maximum Gasteiger partial charge on any atom is 0.123 e. The summed E-state index contributed by atoms with van der Waals surface area (Å²) in [6.07, 6.45) is 1.89. The van der Waals surface area contributed by atoms with E-state index >= 15 is 0 Å². The zero-order chi connectivity index (χ0) is 10.7. The van der Waals surface area contributed by atoms with Crippen LogP contribution in [0, 0.1) is 11.7 Å². The van der Waals surface area contributed by atoms with Crippen LogP contribution in [0.2, 0.25) is 0 Å². The summed E-state index contributed by atoms with van der Waals surface area (Å²) in [4.78, 5) is 0. The molecule has 2 rings (SSSR count). The number of piperidine rings is 1. The summed E-state index contributed by atoms with van der Waals surface area (Å²) >= 11 is 0. The van der Waals surface area contributed by atoms with E-state index in [1.165, 1.54) is 6.07 Å². The molecule has 1 heterocycles. The summed E-state index contributed by atoms with van der Waals surface area (Å²) in [6, 6.07) is 6.87. The molecule has 0 bridgehead atoms. The van der Waals surface area contributed by atoms with Crippen LogP contribution in [0.3, 0.4) is 0 Å². The average Bonchev–Trinajstić information content (AvgIpc) is 2.29. The SMILES string of the molecule is OCC1CCNC(c2cccc(F)c2)C1. The monoisotopic (exact) mass is 209 g/mol. The molecular formula is C12H16FNO. The van der Waals surface area contributed by atoms with Gasteiger partial charge in [-0.15, -0.1) is 0 Å². The van der Waals surface area contributed by atoms with Gasteiger partial charge in [-0.25, -0.2) is 4.39 Å². The summed E-state index contributed by atoms with van der Waals surface area (Å²) < 4.78 is 13.0. The van der Waals surface area contributed by atoms with Crippen LogP contribution in [0.25, 0.3) is 0 Å². The van der Waals surface area contributed by atoms with E-state index in [2.05, 4.69) is 5.32 Å². The molecule has 1 aromatic carbocycles. The lowest BCUT2D eigenvalue weighted by molar-refractivity contribution is 0.176. The Balaban J connectivity index is 2.09. The van der Waals surface area contributed by atoms with E-state index in [1.54, 1.807) is 12.1 Å². The lowest BCUT2D eigenvalue weighted by atomic mass is 9.89. The Hall–Kier alpha value is -0.930. The van der Waals surface area contributed by atoms with Crippen LogP contribution in [0.1, 0.15) is 24.4 Å². The Bertz CT molecular complexity index is 329. The number of aliphatic hydroxyl groups is 1. The predicted octanol–water partition coefficient (Wildman–Crippen LogP) is 1.86. The zero-order valence-corrected chi connectivity index (χ0v) is 8.62. The fourth-order valence-electron chi connectivity index (χ4n) is 2.14. The highest BCUT2D eigenvalue weighted by atomic mass is 19.1.